The number of hydrogen-bond donors (Lipinski definition) is 0. The van der Waals surface area contributed by atoms with Crippen LogP contribution in [0.5, 0.6) is 5.88 Å². The molecule has 3 aromatic rings. The van der Waals surface area contributed by atoms with Gasteiger partial charge in [0, 0.05) is 31.1 Å². The maximum absolute atomic E-state index is 12.4. The number of carbonyl (C=O) groups excluding carboxylic acids is 1. The van der Waals surface area contributed by atoms with Gasteiger partial charge in [0.25, 0.3) is 0 Å². The van der Waals surface area contributed by atoms with Crippen LogP contribution in [0.25, 0.3) is 21.9 Å². The second-order valence-electron chi connectivity index (χ2n) is 10.3. The average Bonchev–Trinajstić information content (AvgIpc) is 3.44. The van der Waals surface area contributed by atoms with Gasteiger partial charge in [-0.3, -0.25) is 0 Å². The van der Waals surface area contributed by atoms with E-state index in [0.29, 0.717) is 37.5 Å². The van der Waals surface area contributed by atoms with E-state index in [1.165, 1.54) is 6.33 Å². The van der Waals surface area contributed by atoms with Gasteiger partial charge in [-0.1, -0.05) is 20.8 Å². The molecule has 0 aliphatic carbocycles. The van der Waals surface area contributed by atoms with Gasteiger partial charge in [-0.2, -0.15) is 4.98 Å². The minimum atomic E-state index is -0.526. The highest BCUT2D eigenvalue weighted by Crippen LogP contribution is 2.35. The van der Waals surface area contributed by atoms with Crippen LogP contribution in [-0.4, -0.2) is 60.3 Å². The van der Waals surface area contributed by atoms with Gasteiger partial charge >= 0.3 is 6.09 Å². The Bertz CT molecular complexity index is 1160. The number of aryl methyl sites for hydroxylation is 1. The van der Waals surface area contributed by atoms with Crippen molar-refractivity contribution in [2.24, 2.45) is 0 Å². The lowest BCUT2D eigenvalue weighted by Gasteiger charge is -2.24. The van der Waals surface area contributed by atoms with Crippen molar-refractivity contribution < 1.29 is 14.3 Å². The standard InChI is InChI=1S/C23H32N6O3S/c1-8-29-17(15-11-24-20(33-15)22(2,3)4)27-16-18(29)25-13-26-19(16)31-14-9-10-28(12-14)21(30)32-23(5,6)7/h11,13-14H,8-10,12H2,1-7H3/t14-/m0/s1. The third-order valence-electron chi connectivity index (χ3n) is 5.26. The first-order valence-corrected chi connectivity index (χ1v) is 12.1. The summed E-state index contributed by atoms with van der Waals surface area (Å²) in [6.07, 6.45) is 3.59. The average molecular weight is 473 g/mol. The molecule has 9 nitrogen and oxygen atoms in total. The fourth-order valence-corrected chi connectivity index (χ4v) is 4.66. The Labute approximate surface area is 198 Å². The lowest BCUT2D eigenvalue weighted by molar-refractivity contribution is 0.0275. The molecule has 1 amide bonds. The Balaban J connectivity index is 1.59. The third-order valence-corrected chi connectivity index (χ3v) is 6.68. The molecular formula is C23H32N6O3S. The van der Waals surface area contributed by atoms with Crippen molar-refractivity contribution >= 4 is 28.6 Å². The molecule has 0 aromatic carbocycles. The second kappa shape index (κ2) is 8.55. The van der Waals surface area contributed by atoms with Gasteiger partial charge in [0.1, 0.15) is 18.0 Å². The third kappa shape index (κ3) is 4.95. The zero-order valence-electron chi connectivity index (χ0n) is 20.4. The topological polar surface area (TPSA) is 95.3 Å². The number of ether oxygens (including phenoxy) is 2. The van der Waals surface area contributed by atoms with E-state index in [1.54, 1.807) is 16.2 Å². The molecule has 1 aliphatic rings. The highest BCUT2D eigenvalue weighted by Gasteiger charge is 2.32. The highest BCUT2D eigenvalue weighted by molar-refractivity contribution is 7.15. The lowest BCUT2D eigenvalue weighted by Crippen LogP contribution is -2.36. The number of likely N-dealkylation sites (tertiary alicyclic amines) is 1. The summed E-state index contributed by atoms with van der Waals surface area (Å²) in [6.45, 7) is 15.8. The van der Waals surface area contributed by atoms with E-state index in [2.05, 4.69) is 47.2 Å². The first-order chi connectivity index (χ1) is 15.5. The second-order valence-corrected chi connectivity index (χ2v) is 11.3. The summed E-state index contributed by atoms with van der Waals surface area (Å²) in [5, 5.41) is 1.06. The summed E-state index contributed by atoms with van der Waals surface area (Å²) in [7, 11) is 0. The number of imidazole rings is 1. The molecule has 0 unspecified atom stereocenters. The molecule has 1 aliphatic heterocycles. The van der Waals surface area contributed by atoms with Crippen LogP contribution >= 0.6 is 11.3 Å². The fraction of sp³-hybridized carbons (Fsp3) is 0.609. The largest absolute Gasteiger partial charge is 0.471 e. The number of carbonyl (C=O) groups is 1. The Morgan fingerprint density at radius 1 is 1.18 bits per heavy atom. The number of hydrogen-bond acceptors (Lipinski definition) is 8. The Morgan fingerprint density at radius 3 is 2.58 bits per heavy atom. The molecule has 178 valence electrons. The number of amides is 1. The lowest BCUT2D eigenvalue weighted by atomic mass is 9.98. The molecule has 0 spiro atoms. The summed E-state index contributed by atoms with van der Waals surface area (Å²) in [5.41, 5.74) is 0.797. The predicted molar refractivity (Wildman–Crippen MR) is 128 cm³/mol. The van der Waals surface area contributed by atoms with E-state index < -0.39 is 5.60 Å². The van der Waals surface area contributed by atoms with Gasteiger partial charge < -0.3 is 18.9 Å². The number of rotatable bonds is 4. The summed E-state index contributed by atoms with van der Waals surface area (Å²) in [4.78, 5) is 33.4. The highest BCUT2D eigenvalue weighted by atomic mass is 32.1. The van der Waals surface area contributed by atoms with E-state index in [-0.39, 0.29) is 17.6 Å². The molecule has 10 heteroatoms. The normalized spacial score (nSPS) is 17.1. The summed E-state index contributed by atoms with van der Waals surface area (Å²) in [6, 6.07) is 0. The van der Waals surface area contributed by atoms with E-state index in [0.717, 1.165) is 21.4 Å². The monoisotopic (exact) mass is 472 g/mol. The molecule has 0 radical (unpaired) electrons. The molecule has 4 heterocycles. The van der Waals surface area contributed by atoms with Gasteiger partial charge in [0.15, 0.2) is 17.0 Å². The van der Waals surface area contributed by atoms with Crippen molar-refractivity contribution in [1.29, 1.82) is 0 Å². The Hall–Kier alpha value is -2.75. The summed E-state index contributed by atoms with van der Waals surface area (Å²) < 4.78 is 13.8. The van der Waals surface area contributed by atoms with Crippen molar-refractivity contribution in [2.45, 2.75) is 78.6 Å². The molecule has 33 heavy (non-hydrogen) atoms. The van der Waals surface area contributed by atoms with Crippen molar-refractivity contribution in [3.63, 3.8) is 0 Å². The van der Waals surface area contributed by atoms with E-state index in [9.17, 15) is 4.79 Å². The smallest absolute Gasteiger partial charge is 0.410 e. The fourth-order valence-electron chi connectivity index (χ4n) is 3.69. The first kappa shape index (κ1) is 23.4. The van der Waals surface area contributed by atoms with Crippen LogP contribution in [0.4, 0.5) is 4.79 Å². The molecule has 1 fully saturated rings. The zero-order chi connectivity index (χ0) is 24.0. The molecule has 1 saturated heterocycles. The minimum absolute atomic E-state index is 0.0253. The molecule has 1 atom stereocenters. The van der Waals surface area contributed by atoms with Crippen LogP contribution in [0.3, 0.4) is 0 Å². The Kier molecular flexibility index (Phi) is 6.07. The quantitative estimate of drug-likeness (QED) is 0.545. The van der Waals surface area contributed by atoms with Crippen LogP contribution in [0.2, 0.25) is 0 Å². The minimum Gasteiger partial charge on any atom is -0.471 e. The summed E-state index contributed by atoms with van der Waals surface area (Å²) in [5.74, 6) is 1.25. The van der Waals surface area contributed by atoms with Gasteiger partial charge in [0.2, 0.25) is 5.88 Å². The zero-order valence-corrected chi connectivity index (χ0v) is 21.2. The first-order valence-electron chi connectivity index (χ1n) is 11.3. The van der Waals surface area contributed by atoms with Crippen LogP contribution in [0.1, 0.15) is 59.9 Å². The van der Waals surface area contributed by atoms with Crippen LogP contribution in [-0.2, 0) is 16.7 Å². The van der Waals surface area contributed by atoms with Gasteiger partial charge in [-0.05, 0) is 27.7 Å². The maximum Gasteiger partial charge on any atom is 0.410 e. The molecule has 0 bridgehead atoms. The molecule has 0 N–H and O–H groups in total. The molecule has 3 aromatic heterocycles. The number of nitrogens with zero attached hydrogens (tertiary/aromatic N) is 6. The van der Waals surface area contributed by atoms with Crippen molar-refractivity contribution in [2.75, 3.05) is 13.1 Å². The summed E-state index contributed by atoms with van der Waals surface area (Å²) >= 11 is 1.64. The van der Waals surface area contributed by atoms with Crippen molar-refractivity contribution in [3.8, 4) is 16.6 Å². The maximum atomic E-state index is 12.4. The number of fused-ring (bicyclic) bond motifs is 1. The van der Waals surface area contributed by atoms with Gasteiger partial charge in [0.05, 0.1) is 16.4 Å². The number of aromatic nitrogens is 5. The van der Waals surface area contributed by atoms with Crippen LogP contribution < -0.4 is 4.74 Å². The van der Waals surface area contributed by atoms with Crippen LogP contribution in [0.15, 0.2) is 12.5 Å². The van der Waals surface area contributed by atoms with Crippen molar-refractivity contribution in [3.05, 3.63) is 17.5 Å². The van der Waals surface area contributed by atoms with E-state index in [4.69, 9.17) is 14.5 Å². The predicted octanol–water partition coefficient (Wildman–Crippen LogP) is 4.66. The van der Waals surface area contributed by atoms with Crippen molar-refractivity contribution in [1.82, 2.24) is 29.4 Å². The Morgan fingerprint density at radius 2 is 1.94 bits per heavy atom. The SMILES string of the molecule is CCn1c(-c2cnc(C(C)(C)C)s2)nc2c(O[C@H]3CCN(C(=O)OC(C)(C)C)C3)ncnc21. The molecular weight excluding hydrogens is 440 g/mol. The van der Waals surface area contributed by atoms with E-state index >= 15 is 0 Å². The van der Waals surface area contributed by atoms with Gasteiger partial charge in [-0.25, -0.2) is 19.7 Å². The van der Waals surface area contributed by atoms with E-state index in [1.807, 2.05) is 27.0 Å². The van der Waals surface area contributed by atoms with Crippen LogP contribution in [0, 0.1) is 0 Å². The number of thiazole rings is 1. The molecule has 0 saturated carbocycles. The molecule has 4 rings (SSSR count). The van der Waals surface area contributed by atoms with Gasteiger partial charge in [-0.15, -0.1) is 11.3 Å².